The minimum absolute atomic E-state index is 0.127. The van der Waals surface area contributed by atoms with Crippen LogP contribution in [0.15, 0.2) is 158 Å². The summed E-state index contributed by atoms with van der Waals surface area (Å²) in [6, 6.07) is 58.3. The summed E-state index contributed by atoms with van der Waals surface area (Å²) in [6.45, 7) is 13.3. The molecule has 1 spiro atoms. The molecule has 0 radical (unpaired) electrons. The molecule has 4 fully saturated rings. The Morgan fingerprint density at radius 3 is 1.69 bits per heavy atom. The standard InChI is InChI=1S/C56H46N2/c1-55(2)50-15-9-7-13-46(50)48-25-23-43(33-53(48)55)58(42-20-17-38(18-21-42)37-11-5-4-6-12-37)44-22-24-45(54(34-44)57-3)39-19-26-52-49(32-39)47-14-8-10-16-51(47)56(52)40-28-35-27-36(30-40)31-41(56)29-35/h4-26,32-36,40-41H,27-31H2,1-2H3. The molecule has 0 aliphatic heterocycles. The van der Waals surface area contributed by atoms with Crippen molar-refractivity contribution < 1.29 is 0 Å². The van der Waals surface area contributed by atoms with Crippen LogP contribution in [-0.4, -0.2) is 0 Å². The molecule has 7 aromatic carbocycles. The van der Waals surface area contributed by atoms with Gasteiger partial charge < -0.3 is 4.90 Å². The molecule has 0 saturated heterocycles. The van der Waals surface area contributed by atoms with E-state index >= 15 is 0 Å². The Balaban J connectivity index is 0.973. The summed E-state index contributed by atoms with van der Waals surface area (Å²) >= 11 is 0. The topological polar surface area (TPSA) is 7.60 Å². The summed E-state index contributed by atoms with van der Waals surface area (Å²) in [6.07, 6.45) is 6.98. The molecule has 0 amide bonds. The fraction of sp³-hybridized carbons (Fsp3) is 0.232. The molecule has 0 N–H and O–H groups in total. The monoisotopic (exact) mass is 746 g/mol. The predicted octanol–water partition coefficient (Wildman–Crippen LogP) is 15.1. The van der Waals surface area contributed by atoms with Crippen molar-refractivity contribution in [3.63, 3.8) is 0 Å². The first-order valence-electron chi connectivity index (χ1n) is 21.4. The zero-order chi connectivity index (χ0) is 38.8. The van der Waals surface area contributed by atoms with Gasteiger partial charge in [-0.05, 0) is 165 Å². The molecule has 58 heavy (non-hydrogen) atoms. The van der Waals surface area contributed by atoms with Crippen LogP contribution in [0.25, 0.3) is 49.4 Å². The van der Waals surface area contributed by atoms with Crippen molar-refractivity contribution in [1.29, 1.82) is 0 Å². The number of hydrogen-bond acceptors (Lipinski definition) is 1. The minimum atomic E-state index is -0.127. The normalized spacial score (nSPS) is 23.5. The molecule has 6 aliphatic carbocycles. The second-order valence-corrected chi connectivity index (χ2v) is 18.4. The highest BCUT2D eigenvalue weighted by Crippen LogP contribution is 2.69. The van der Waals surface area contributed by atoms with E-state index in [0.29, 0.717) is 5.69 Å². The second-order valence-electron chi connectivity index (χ2n) is 18.4. The highest BCUT2D eigenvalue weighted by atomic mass is 15.1. The molecule has 0 unspecified atom stereocenters. The van der Waals surface area contributed by atoms with Gasteiger partial charge in [0.15, 0.2) is 5.69 Å². The molecule has 0 heterocycles. The van der Waals surface area contributed by atoms with Crippen LogP contribution in [0.1, 0.15) is 68.2 Å². The van der Waals surface area contributed by atoms with E-state index in [-0.39, 0.29) is 10.8 Å². The van der Waals surface area contributed by atoms with Gasteiger partial charge in [-0.3, -0.25) is 0 Å². The van der Waals surface area contributed by atoms with Crippen molar-refractivity contribution in [3.05, 3.63) is 191 Å². The van der Waals surface area contributed by atoms with E-state index in [2.05, 4.69) is 181 Å². The lowest BCUT2D eigenvalue weighted by molar-refractivity contribution is -0.0399. The first-order valence-corrected chi connectivity index (χ1v) is 21.4. The van der Waals surface area contributed by atoms with Crippen molar-refractivity contribution in [3.8, 4) is 44.5 Å². The molecule has 0 aromatic heterocycles. The lowest BCUT2D eigenvalue weighted by Gasteiger charge is -2.61. The van der Waals surface area contributed by atoms with Crippen molar-refractivity contribution in [2.75, 3.05) is 4.90 Å². The SMILES string of the molecule is [C-]#[N+]c1cc(N(c2ccc(-c3ccccc3)cc2)c2ccc3c(c2)C(C)(C)c2ccccc2-3)ccc1-c1ccc2c(c1)-c1ccccc1C21C2CC3CC(C2)CC1C3. The van der Waals surface area contributed by atoms with Crippen molar-refractivity contribution >= 4 is 22.7 Å². The van der Waals surface area contributed by atoms with Gasteiger partial charge in [-0.15, -0.1) is 0 Å². The van der Waals surface area contributed by atoms with Crippen LogP contribution in [0.5, 0.6) is 0 Å². The van der Waals surface area contributed by atoms with E-state index in [1.807, 2.05) is 0 Å². The third kappa shape index (κ3) is 4.71. The predicted molar refractivity (Wildman–Crippen MR) is 239 cm³/mol. The summed E-state index contributed by atoms with van der Waals surface area (Å²) in [5.41, 5.74) is 19.6. The van der Waals surface area contributed by atoms with Crippen LogP contribution in [0.4, 0.5) is 22.7 Å². The summed E-state index contributed by atoms with van der Waals surface area (Å²) < 4.78 is 0. The Morgan fingerprint density at radius 2 is 0.983 bits per heavy atom. The Bertz CT molecular complexity index is 2810. The fourth-order valence-corrected chi connectivity index (χ4v) is 13.0. The quantitative estimate of drug-likeness (QED) is 0.159. The number of nitrogens with zero attached hydrogens (tertiary/aromatic N) is 2. The maximum Gasteiger partial charge on any atom is 0.196 e. The van der Waals surface area contributed by atoms with E-state index in [1.54, 1.807) is 11.1 Å². The third-order valence-corrected chi connectivity index (χ3v) is 15.3. The third-order valence-electron chi connectivity index (χ3n) is 15.3. The zero-order valence-electron chi connectivity index (χ0n) is 33.3. The lowest BCUT2D eigenvalue weighted by atomic mass is 9.43. The second kappa shape index (κ2) is 12.4. The summed E-state index contributed by atoms with van der Waals surface area (Å²) in [7, 11) is 0. The molecule has 4 bridgehead atoms. The average Bonchev–Trinajstić information content (AvgIpc) is 3.68. The molecular formula is C56H46N2. The fourth-order valence-electron chi connectivity index (χ4n) is 13.0. The average molecular weight is 747 g/mol. The van der Waals surface area contributed by atoms with Crippen LogP contribution in [-0.2, 0) is 10.8 Å². The van der Waals surface area contributed by atoms with Crippen LogP contribution in [0, 0.1) is 30.2 Å². The number of anilines is 3. The smallest absolute Gasteiger partial charge is 0.196 e. The van der Waals surface area contributed by atoms with Gasteiger partial charge in [-0.25, -0.2) is 4.85 Å². The number of benzene rings is 7. The molecule has 13 rings (SSSR count). The first-order chi connectivity index (χ1) is 28.4. The van der Waals surface area contributed by atoms with Crippen molar-refractivity contribution in [2.24, 2.45) is 23.7 Å². The molecule has 280 valence electrons. The largest absolute Gasteiger partial charge is 0.312 e. The van der Waals surface area contributed by atoms with Gasteiger partial charge in [0.25, 0.3) is 0 Å². The minimum Gasteiger partial charge on any atom is -0.312 e. The number of rotatable bonds is 5. The Labute approximate surface area is 342 Å². The van der Waals surface area contributed by atoms with Gasteiger partial charge in [-0.1, -0.05) is 129 Å². The molecule has 7 aromatic rings. The van der Waals surface area contributed by atoms with E-state index in [9.17, 15) is 0 Å². The summed E-state index contributed by atoms with van der Waals surface area (Å²) in [4.78, 5) is 6.58. The first kappa shape index (κ1) is 33.9. The zero-order valence-corrected chi connectivity index (χ0v) is 33.3. The van der Waals surface area contributed by atoms with Crippen LogP contribution in [0.3, 0.4) is 0 Å². The van der Waals surface area contributed by atoms with E-state index in [1.165, 1.54) is 76.6 Å². The van der Waals surface area contributed by atoms with Gasteiger partial charge in [0, 0.05) is 27.9 Å². The van der Waals surface area contributed by atoms with E-state index < -0.39 is 0 Å². The van der Waals surface area contributed by atoms with Gasteiger partial charge >= 0.3 is 0 Å². The molecule has 0 atom stereocenters. The van der Waals surface area contributed by atoms with E-state index in [4.69, 9.17) is 6.57 Å². The highest BCUT2D eigenvalue weighted by Gasteiger charge is 2.61. The van der Waals surface area contributed by atoms with Crippen LogP contribution >= 0.6 is 0 Å². The highest BCUT2D eigenvalue weighted by molar-refractivity contribution is 5.91. The van der Waals surface area contributed by atoms with Crippen molar-refractivity contribution in [1.82, 2.24) is 0 Å². The van der Waals surface area contributed by atoms with Crippen molar-refractivity contribution in [2.45, 2.75) is 56.8 Å². The Kier molecular flexibility index (Phi) is 7.26. The maximum absolute atomic E-state index is 8.57. The van der Waals surface area contributed by atoms with Gasteiger partial charge in [0.1, 0.15) is 0 Å². The van der Waals surface area contributed by atoms with Gasteiger partial charge in [0.2, 0.25) is 0 Å². The summed E-state index contributed by atoms with van der Waals surface area (Å²) in [5.74, 6) is 3.32. The lowest BCUT2D eigenvalue weighted by Crippen LogP contribution is -2.55. The van der Waals surface area contributed by atoms with E-state index in [0.717, 1.165) is 51.9 Å². The molecular weight excluding hydrogens is 701 g/mol. The Hall–Kier alpha value is -6.17. The maximum atomic E-state index is 8.57. The molecule has 2 nitrogen and oxygen atoms in total. The molecule has 6 aliphatic rings. The van der Waals surface area contributed by atoms with Crippen LogP contribution in [0.2, 0.25) is 0 Å². The molecule has 4 saturated carbocycles. The molecule has 2 heteroatoms. The summed E-state index contributed by atoms with van der Waals surface area (Å²) in [5, 5.41) is 0. The number of hydrogen-bond donors (Lipinski definition) is 0. The van der Waals surface area contributed by atoms with Crippen LogP contribution < -0.4 is 4.90 Å². The Morgan fingerprint density at radius 1 is 0.448 bits per heavy atom. The van der Waals surface area contributed by atoms with Gasteiger partial charge in [-0.2, -0.15) is 0 Å². The number of fused-ring (bicyclic) bond motifs is 6. The van der Waals surface area contributed by atoms with Gasteiger partial charge in [0.05, 0.1) is 6.57 Å².